The summed E-state index contributed by atoms with van der Waals surface area (Å²) in [5, 5.41) is 16.6. The molecule has 82 heavy (non-hydrogen) atoms. The summed E-state index contributed by atoms with van der Waals surface area (Å²) >= 11 is 0. The molecule has 462 valence electrons. The number of rotatable bonds is 50. The molecule has 3 aromatic rings. The van der Waals surface area contributed by atoms with Crippen molar-refractivity contribution in [3.8, 4) is 0 Å². The number of hydrogen-bond acceptors (Lipinski definition) is 20. The number of carbonyl (C=O) groups excluding carboxylic acids is 4. The van der Waals surface area contributed by atoms with Gasteiger partial charge in [-0.3, -0.25) is 10.6 Å². The van der Waals surface area contributed by atoms with E-state index in [4.69, 9.17) is 75.8 Å². The summed E-state index contributed by atoms with van der Waals surface area (Å²) in [7, 11) is 3.26. The van der Waals surface area contributed by atoms with Crippen LogP contribution in [0.15, 0.2) is 60.7 Å². The number of nitrogens with one attached hydrogen (secondary N) is 6. The number of benzene rings is 3. The van der Waals surface area contributed by atoms with E-state index in [2.05, 4.69) is 31.9 Å². The van der Waals surface area contributed by atoms with Gasteiger partial charge in [-0.1, -0.05) is 36.4 Å². The molecule has 0 spiro atoms. The topological polar surface area (TPSA) is 288 Å². The molecule has 26 nitrogen and oxygen atoms in total. The monoisotopic (exact) mass is 1160 g/mol. The Hall–Kier alpha value is -5.82. The molecule has 0 aliphatic heterocycles. The number of urea groups is 2. The first-order valence-electron chi connectivity index (χ1n) is 27.3. The molecule has 0 fully saturated rings. The van der Waals surface area contributed by atoms with Crippen molar-refractivity contribution in [1.82, 2.24) is 10.6 Å². The maximum absolute atomic E-state index is 13.0. The highest BCUT2D eigenvalue weighted by atomic mass is 16.6. The molecule has 26 heteroatoms. The lowest BCUT2D eigenvalue weighted by Crippen LogP contribution is -2.29. The van der Waals surface area contributed by atoms with Gasteiger partial charge in [0.15, 0.2) is 0 Å². The summed E-state index contributed by atoms with van der Waals surface area (Å²) in [5.41, 5.74) is 4.97. The molecular formula is C56H88N6O20. The van der Waals surface area contributed by atoms with Gasteiger partial charge in [0.05, 0.1) is 172 Å². The van der Waals surface area contributed by atoms with Crippen molar-refractivity contribution < 1.29 is 95.0 Å². The Kier molecular flexibility index (Phi) is 41.8. The Bertz CT molecular complexity index is 2000. The zero-order valence-corrected chi connectivity index (χ0v) is 48.2. The number of aryl methyl sites for hydroxylation is 2. The quantitative estimate of drug-likeness (QED) is 0.0379. The van der Waals surface area contributed by atoms with Crippen LogP contribution in [0.5, 0.6) is 0 Å². The number of ether oxygens (including phenoxy) is 16. The fourth-order valence-corrected chi connectivity index (χ4v) is 6.60. The second-order valence-corrected chi connectivity index (χ2v) is 17.4. The minimum absolute atomic E-state index is 0.0283. The molecule has 3 rings (SSSR count). The van der Waals surface area contributed by atoms with Crippen LogP contribution in [0.3, 0.4) is 0 Å². The zero-order chi connectivity index (χ0) is 58.8. The molecule has 0 aliphatic rings. The van der Waals surface area contributed by atoms with Crippen LogP contribution in [0.1, 0.15) is 22.3 Å². The zero-order valence-electron chi connectivity index (χ0n) is 48.2. The predicted octanol–water partition coefficient (Wildman–Crippen LogP) is 5.54. The third kappa shape index (κ3) is 38.0. The Morgan fingerprint density at radius 1 is 0.329 bits per heavy atom. The van der Waals surface area contributed by atoms with Crippen LogP contribution >= 0.6 is 0 Å². The second-order valence-electron chi connectivity index (χ2n) is 17.4. The Balaban J connectivity index is 1.19. The summed E-state index contributed by atoms with van der Waals surface area (Å²) < 4.78 is 85.5. The molecule has 6 amide bonds. The summed E-state index contributed by atoms with van der Waals surface area (Å²) in [4.78, 5) is 50.8. The molecule has 0 aromatic heterocycles. The summed E-state index contributed by atoms with van der Waals surface area (Å²) in [5.74, 6) is 0. The lowest BCUT2D eigenvalue weighted by molar-refractivity contribution is -0.0204. The van der Waals surface area contributed by atoms with E-state index in [1.165, 1.54) is 0 Å². The van der Waals surface area contributed by atoms with E-state index in [0.717, 1.165) is 22.3 Å². The standard InChI is InChI=1S/C56H88N6O20/c1-45-8-10-49(59-55(65)81-38-36-79-34-32-77-30-28-75-26-24-73-22-20-71-18-16-69-14-12-67-3)41-51(45)61-53(63)57-43-47-6-5-7-48(40-47)44-58-54(64)62-52-42-50(11-9-46(52)2)60-56(66)82-39-37-80-35-33-78-31-29-76-27-25-74-23-21-72-19-17-70-15-13-68-4/h5-11,40-42H,12-39,43-44H2,1-4H3,(H,59,65)(H,60,66)(H2,57,61,63)(H2,58,62,64). The molecule has 3 aromatic carbocycles. The first kappa shape index (κ1) is 70.4. The van der Waals surface area contributed by atoms with E-state index in [1.54, 1.807) is 50.6 Å². The number of carbonyl (C=O) groups is 4. The fourth-order valence-electron chi connectivity index (χ4n) is 6.60. The van der Waals surface area contributed by atoms with Crippen molar-refractivity contribution in [3.05, 3.63) is 82.9 Å². The van der Waals surface area contributed by atoms with Gasteiger partial charge in [-0.05, 0) is 60.4 Å². The second kappa shape index (κ2) is 48.7. The van der Waals surface area contributed by atoms with Crippen LogP contribution in [-0.4, -0.2) is 223 Å². The summed E-state index contributed by atoms with van der Waals surface area (Å²) in [6.07, 6.45) is -1.35. The Morgan fingerprint density at radius 3 is 0.878 bits per heavy atom. The molecule has 0 heterocycles. The van der Waals surface area contributed by atoms with Crippen molar-refractivity contribution >= 4 is 47.0 Å². The molecule has 0 radical (unpaired) electrons. The third-order valence-electron chi connectivity index (χ3n) is 10.9. The van der Waals surface area contributed by atoms with Gasteiger partial charge in [-0.15, -0.1) is 0 Å². The fraction of sp³-hybridized carbons (Fsp3) is 0.607. The highest BCUT2D eigenvalue weighted by Crippen LogP contribution is 2.22. The average molecular weight is 1170 g/mol. The lowest BCUT2D eigenvalue weighted by Gasteiger charge is -2.14. The molecular weight excluding hydrogens is 1080 g/mol. The van der Waals surface area contributed by atoms with Gasteiger partial charge in [-0.2, -0.15) is 0 Å². The van der Waals surface area contributed by atoms with E-state index in [-0.39, 0.29) is 39.5 Å². The first-order chi connectivity index (χ1) is 40.2. The van der Waals surface area contributed by atoms with E-state index in [0.29, 0.717) is 181 Å². The largest absolute Gasteiger partial charge is 0.447 e. The van der Waals surface area contributed by atoms with Crippen LogP contribution in [0.25, 0.3) is 0 Å². The number of amides is 6. The maximum atomic E-state index is 13.0. The van der Waals surface area contributed by atoms with Crippen molar-refractivity contribution in [1.29, 1.82) is 0 Å². The van der Waals surface area contributed by atoms with Gasteiger partial charge in [0.25, 0.3) is 0 Å². The molecule has 0 aliphatic carbocycles. The molecule has 0 bridgehead atoms. The van der Waals surface area contributed by atoms with Crippen LogP contribution in [0.2, 0.25) is 0 Å². The molecule has 0 atom stereocenters. The first-order valence-corrected chi connectivity index (χ1v) is 27.3. The molecule has 6 N–H and O–H groups in total. The highest BCUT2D eigenvalue weighted by Gasteiger charge is 2.12. The van der Waals surface area contributed by atoms with Crippen LogP contribution in [0, 0.1) is 13.8 Å². The van der Waals surface area contributed by atoms with Gasteiger partial charge in [-0.25, -0.2) is 19.2 Å². The number of hydrogen-bond donors (Lipinski definition) is 6. The van der Waals surface area contributed by atoms with Crippen LogP contribution < -0.4 is 31.9 Å². The highest BCUT2D eigenvalue weighted by molar-refractivity contribution is 5.93. The number of methoxy groups -OCH3 is 2. The smallest absolute Gasteiger partial charge is 0.411 e. The van der Waals surface area contributed by atoms with Gasteiger partial charge in [0.1, 0.15) is 13.2 Å². The average Bonchev–Trinajstić information content (AvgIpc) is 3.49. The predicted molar refractivity (Wildman–Crippen MR) is 304 cm³/mol. The Morgan fingerprint density at radius 2 is 0.598 bits per heavy atom. The summed E-state index contributed by atoms with van der Waals surface area (Å²) in [6.45, 7) is 15.5. The van der Waals surface area contributed by atoms with Crippen molar-refractivity contribution in [2.24, 2.45) is 0 Å². The van der Waals surface area contributed by atoms with Gasteiger partial charge >= 0.3 is 24.2 Å². The van der Waals surface area contributed by atoms with Crippen molar-refractivity contribution in [2.45, 2.75) is 26.9 Å². The van der Waals surface area contributed by atoms with Gasteiger partial charge in [0, 0.05) is 50.1 Å². The van der Waals surface area contributed by atoms with Gasteiger partial charge in [0.2, 0.25) is 0 Å². The summed E-state index contributed by atoms with van der Waals surface area (Å²) in [6, 6.07) is 16.6. The number of anilines is 4. The van der Waals surface area contributed by atoms with Crippen LogP contribution in [0.4, 0.5) is 41.9 Å². The minimum atomic E-state index is -0.676. The lowest BCUT2D eigenvalue weighted by atomic mass is 10.1. The maximum Gasteiger partial charge on any atom is 0.411 e. The van der Waals surface area contributed by atoms with Crippen molar-refractivity contribution in [2.75, 3.05) is 220 Å². The van der Waals surface area contributed by atoms with Crippen LogP contribution in [-0.2, 0) is 88.9 Å². The van der Waals surface area contributed by atoms with E-state index in [1.807, 2.05) is 38.1 Å². The molecule has 0 saturated carbocycles. The Labute approximate surface area is 481 Å². The SMILES string of the molecule is COCCOCCOCCOCCOCCOCCOCCOC(=O)Nc1ccc(C)c(NC(=O)NCc2cccc(CNC(=O)Nc3cc(NC(=O)OCCOCCOCCOCCOCCOCCOCCOC)ccc3C)c2)c1. The van der Waals surface area contributed by atoms with Crippen molar-refractivity contribution in [3.63, 3.8) is 0 Å². The molecule has 0 saturated heterocycles. The van der Waals surface area contributed by atoms with E-state index >= 15 is 0 Å². The third-order valence-corrected chi connectivity index (χ3v) is 10.9. The van der Waals surface area contributed by atoms with E-state index in [9.17, 15) is 19.2 Å². The minimum Gasteiger partial charge on any atom is -0.447 e. The normalized spacial score (nSPS) is 11.1. The van der Waals surface area contributed by atoms with E-state index < -0.39 is 24.2 Å². The van der Waals surface area contributed by atoms with Gasteiger partial charge < -0.3 is 97.1 Å². The molecule has 0 unspecified atom stereocenters.